The number of hydrogen-bond acceptors (Lipinski definition) is 5. The molecule has 8 heteroatoms. The van der Waals surface area contributed by atoms with E-state index < -0.39 is 0 Å². The summed E-state index contributed by atoms with van der Waals surface area (Å²) < 4.78 is 0. The van der Waals surface area contributed by atoms with E-state index in [1.165, 1.54) is 23.9 Å². The maximum Gasteiger partial charge on any atom is 0.234 e. The Balaban J connectivity index is 1.97. The molecule has 2 rings (SSSR count). The van der Waals surface area contributed by atoms with Gasteiger partial charge in [-0.25, -0.2) is 9.97 Å². The first-order chi connectivity index (χ1) is 9.95. The Morgan fingerprint density at radius 2 is 1.86 bits per heavy atom. The second-order valence-corrected chi connectivity index (χ2v) is 6.00. The van der Waals surface area contributed by atoms with E-state index in [1.807, 2.05) is 6.92 Å². The van der Waals surface area contributed by atoms with Crippen molar-refractivity contribution in [2.24, 2.45) is 0 Å². The number of nitrogen functional groups attached to an aromatic ring is 1. The molecule has 0 bridgehead atoms. The fourth-order valence-electron chi connectivity index (χ4n) is 1.47. The number of benzene rings is 1. The van der Waals surface area contributed by atoms with Crippen LogP contribution in [0.2, 0.25) is 10.0 Å². The molecule has 1 heterocycles. The number of nitrogens with two attached hydrogens (primary N) is 1. The van der Waals surface area contributed by atoms with Crippen LogP contribution >= 0.6 is 35.0 Å². The molecule has 1 aromatic heterocycles. The van der Waals surface area contributed by atoms with E-state index >= 15 is 0 Å². The molecule has 2 aromatic rings. The van der Waals surface area contributed by atoms with Crippen molar-refractivity contribution < 1.29 is 4.79 Å². The van der Waals surface area contributed by atoms with E-state index in [0.717, 1.165) is 5.56 Å². The number of aryl methyl sites for hydroxylation is 1. The summed E-state index contributed by atoms with van der Waals surface area (Å²) in [5.74, 6) is -0.0992. The van der Waals surface area contributed by atoms with Gasteiger partial charge in [0.05, 0.1) is 21.5 Å². The molecular weight excluding hydrogens is 331 g/mol. The first kappa shape index (κ1) is 15.9. The molecule has 0 aliphatic rings. The Hall–Kier alpha value is -1.50. The SMILES string of the molecule is Cc1cnc(SCC(=O)Nc2c(Cl)cc(N)cc2Cl)nc1. The van der Waals surface area contributed by atoms with Crippen LogP contribution in [0.5, 0.6) is 0 Å². The van der Waals surface area contributed by atoms with Crippen molar-refractivity contribution in [1.82, 2.24) is 9.97 Å². The van der Waals surface area contributed by atoms with Crippen molar-refractivity contribution >= 4 is 52.2 Å². The van der Waals surface area contributed by atoms with Crippen LogP contribution in [-0.4, -0.2) is 21.6 Å². The van der Waals surface area contributed by atoms with Gasteiger partial charge in [-0.1, -0.05) is 35.0 Å². The number of aromatic nitrogens is 2. The lowest BCUT2D eigenvalue weighted by Crippen LogP contribution is -2.15. The topological polar surface area (TPSA) is 80.9 Å². The smallest absolute Gasteiger partial charge is 0.234 e. The average molecular weight is 343 g/mol. The minimum absolute atomic E-state index is 0.153. The summed E-state index contributed by atoms with van der Waals surface area (Å²) in [5, 5.41) is 3.78. The number of hydrogen-bond donors (Lipinski definition) is 2. The number of nitrogens with one attached hydrogen (secondary N) is 1. The van der Waals surface area contributed by atoms with Gasteiger partial charge >= 0.3 is 0 Å². The predicted octanol–water partition coefficient (Wildman–Crippen LogP) is 3.40. The van der Waals surface area contributed by atoms with Crippen molar-refractivity contribution in [2.75, 3.05) is 16.8 Å². The van der Waals surface area contributed by atoms with Crippen molar-refractivity contribution in [3.05, 3.63) is 40.1 Å². The summed E-state index contributed by atoms with van der Waals surface area (Å²) in [6.07, 6.45) is 3.39. The van der Waals surface area contributed by atoms with E-state index in [-0.39, 0.29) is 11.7 Å². The fraction of sp³-hybridized carbons (Fsp3) is 0.154. The Morgan fingerprint density at radius 1 is 1.29 bits per heavy atom. The number of nitrogens with zero attached hydrogens (tertiary/aromatic N) is 2. The van der Waals surface area contributed by atoms with Crippen molar-refractivity contribution in [3.8, 4) is 0 Å². The van der Waals surface area contributed by atoms with Crippen LogP contribution in [-0.2, 0) is 4.79 Å². The molecule has 0 radical (unpaired) electrons. The second-order valence-electron chi connectivity index (χ2n) is 4.24. The normalized spacial score (nSPS) is 10.4. The van der Waals surface area contributed by atoms with Gasteiger partial charge in [0.1, 0.15) is 0 Å². The zero-order valence-electron chi connectivity index (χ0n) is 11.1. The van der Waals surface area contributed by atoms with Crippen LogP contribution in [0.15, 0.2) is 29.7 Å². The van der Waals surface area contributed by atoms with Gasteiger partial charge in [-0.15, -0.1) is 0 Å². The minimum Gasteiger partial charge on any atom is -0.399 e. The lowest BCUT2D eigenvalue weighted by molar-refractivity contribution is -0.113. The first-order valence-electron chi connectivity index (χ1n) is 5.91. The van der Waals surface area contributed by atoms with E-state index in [1.54, 1.807) is 12.4 Å². The summed E-state index contributed by atoms with van der Waals surface area (Å²) in [6.45, 7) is 1.90. The van der Waals surface area contributed by atoms with Crippen LogP contribution in [0.1, 0.15) is 5.56 Å². The standard InChI is InChI=1S/C13H12Cl2N4OS/c1-7-4-17-13(18-5-7)21-6-11(20)19-12-9(14)2-8(16)3-10(12)15/h2-5H,6,16H2,1H3,(H,19,20). The van der Waals surface area contributed by atoms with Gasteiger partial charge in [0.25, 0.3) is 0 Å². The summed E-state index contributed by atoms with van der Waals surface area (Å²) in [4.78, 5) is 20.1. The van der Waals surface area contributed by atoms with Crippen molar-refractivity contribution in [2.45, 2.75) is 12.1 Å². The molecule has 110 valence electrons. The summed E-state index contributed by atoms with van der Waals surface area (Å²) >= 11 is 13.2. The maximum atomic E-state index is 11.9. The monoisotopic (exact) mass is 342 g/mol. The number of thioether (sulfide) groups is 1. The van der Waals surface area contributed by atoms with Gasteiger partial charge in [-0.05, 0) is 24.6 Å². The third-order valence-corrected chi connectivity index (χ3v) is 3.89. The van der Waals surface area contributed by atoms with Crippen LogP contribution in [0, 0.1) is 6.92 Å². The number of carbonyl (C=O) groups is 1. The van der Waals surface area contributed by atoms with Crippen LogP contribution in [0.4, 0.5) is 11.4 Å². The third kappa shape index (κ3) is 4.49. The summed E-state index contributed by atoms with van der Waals surface area (Å²) in [6, 6.07) is 3.05. The number of amides is 1. The molecule has 0 atom stereocenters. The Labute approximate surface area is 136 Å². The highest BCUT2D eigenvalue weighted by atomic mass is 35.5. The molecule has 1 aromatic carbocycles. The Bertz CT molecular complexity index is 641. The van der Waals surface area contributed by atoms with Gasteiger partial charge in [0.2, 0.25) is 5.91 Å². The molecule has 0 aliphatic carbocycles. The molecule has 0 saturated heterocycles. The molecule has 3 N–H and O–H groups in total. The van der Waals surface area contributed by atoms with E-state index in [4.69, 9.17) is 28.9 Å². The molecule has 21 heavy (non-hydrogen) atoms. The second kappa shape index (κ2) is 6.98. The highest BCUT2D eigenvalue weighted by Crippen LogP contribution is 2.32. The zero-order chi connectivity index (χ0) is 15.4. The molecule has 0 fully saturated rings. The van der Waals surface area contributed by atoms with Crippen molar-refractivity contribution in [3.63, 3.8) is 0 Å². The van der Waals surface area contributed by atoms with Gasteiger partial charge < -0.3 is 11.1 Å². The fourth-order valence-corrected chi connectivity index (χ4v) is 2.66. The molecule has 1 amide bonds. The molecule has 0 saturated carbocycles. The van der Waals surface area contributed by atoms with Gasteiger partial charge in [-0.3, -0.25) is 4.79 Å². The number of anilines is 2. The maximum absolute atomic E-state index is 11.9. The van der Waals surface area contributed by atoms with E-state index in [2.05, 4.69) is 15.3 Å². The molecule has 0 spiro atoms. The minimum atomic E-state index is -0.252. The lowest BCUT2D eigenvalue weighted by Gasteiger charge is -2.09. The van der Waals surface area contributed by atoms with E-state index in [9.17, 15) is 4.79 Å². The third-order valence-electron chi connectivity index (χ3n) is 2.42. The van der Waals surface area contributed by atoms with Crippen molar-refractivity contribution in [1.29, 1.82) is 0 Å². The average Bonchev–Trinajstić information content (AvgIpc) is 2.42. The van der Waals surface area contributed by atoms with Gasteiger partial charge in [0.15, 0.2) is 5.16 Å². The van der Waals surface area contributed by atoms with Gasteiger partial charge in [-0.2, -0.15) is 0 Å². The summed E-state index contributed by atoms with van der Waals surface area (Å²) in [7, 11) is 0. The number of halogens is 2. The predicted molar refractivity (Wildman–Crippen MR) is 87.0 cm³/mol. The molecular formula is C13H12Cl2N4OS. The van der Waals surface area contributed by atoms with E-state index in [0.29, 0.717) is 26.6 Å². The number of rotatable bonds is 4. The molecule has 0 unspecified atom stereocenters. The quantitative estimate of drug-likeness (QED) is 0.505. The zero-order valence-corrected chi connectivity index (χ0v) is 13.4. The highest BCUT2D eigenvalue weighted by Gasteiger charge is 2.12. The molecule has 0 aliphatic heterocycles. The van der Waals surface area contributed by atoms with Crippen LogP contribution < -0.4 is 11.1 Å². The lowest BCUT2D eigenvalue weighted by atomic mass is 10.3. The largest absolute Gasteiger partial charge is 0.399 e. The Morgan fingerprint density at radius 3 is 2.43 bits per heavy atom. The number of carbonyl (C=O) groups excluding carboxylic acids is 1. The molecule has 5 nitrogen and oxygen atoms in total. The van der Waals surface area contributed by atoms with Gasteiger partial charge in [0, 0.05) is 18.1 Å². The first-order valence-corrected chi connectivity index (χ1v) is 7.65. The Kier molecular flexibility index (Phi) is 5.27. The highest BCUT2D eigenvalue weighted by molar-refractivity contribution is 7.99. The summed E-state index contributed by atoms with van der Waals surface area (Å²) in [5.41, 5.74) is 7.35. The van der Waals surface area contributed by atoms with Crippen LogP contribution in [0.25, 0.3) is 0 Å². The van der Waals surface area contributed by atoms with Crippen LogP contribution in [0.3, 0.4) is 0 Å².